The minimum atomic E-state index is -0.998. The van der Waals surface area contributed by atoms with Gasteiger partial charge in [-0.25, -0.2) is 4.39 Å². The molecule has 1 aliphatic heterocycles. The van der Waals surface area contributed by atoms with E-state index in [0.717, 1.165) is 6.07 Å². The first-order chi connectivity index (χ1) is 9.47. The van der Waals surface area contributed by atoms with Gasteiger partial charge in [0.15, 0.2) is 0 Å². The molecule has 108 valence electrons. The maximum absolute atomic E-state index is 13.7. The number of carbonyl (C=O) groups is 2. The van der Waals surface area contributed by atoms with Crippen LogP contribution >= 0.6 is 11.6 Å². The van der Waals surface area contributed by atoms with Crippen molar-refractivity contribution in [1.29, 1.82) is 0 Å². The third kappa shape index (κ3) is 3.46. The average Bonchev–Trinajstić information content (AvgIpc) is 2.37. The Kier molecular flexibility index (Phi) is 4.57. The van der Waals surface area contributed by atoms with E-state index >= 15 is 0 Å². The Morgan fingerprint density at radius 2 is 2.25 bits per heavy atom. The normalized spacial score (nSPS) is 18.9. The summed E-state index contributed by atoms with van der Waals surface area (Å²) in [5.74, 6) is -2.18. The second-order valence-corrected chi connectivity index (χ2v) is 4.90. The molecule has 2 rings (SSSR count). The van der Waals surface area contributed by atoms with Crippen LogP contribution in [0, 0.1) is 5.82 Å². The van der Waals surface area contributed by atoms with Crippen molar-refractivity contribution < 1.29 is 23.8 Å². The molecule has 0 aromatic heterocycles. The van der Waals surface area contributed by atoms with E-state index in [4.69, 9.17) is 21.4 Å². The molecule has 0 aliphatic carbocycles. The van der Waals surface area contributed by atoms with Gasteiger partial charge >= 0.3 is 5.97 Å². The molecule has 0 radical (unpaired) electrons. The van der Waals surface area contributed by atoms with E-state index in [2.05, 4.69) is 0 Å². The molecule has 5 nitrogen and oxygen atoms in total. The van der Waals surface area contributed by atoms with Gasteiger partial charge in [0.2, 0.25) is 0 Å². The first kappa shape index (κ1) is 14.7. The summed E-state index contributed by atoms with van der Waals surface area (Å²) in [7, 11) is 0. The maximum atomic E-state index is 13.7. The zero-order valence-electron chi connectivity index (χ0n) is 10.5. The largest absolute Gasteiger partial charge is 0.481 e. The maximum Gasteiger partial charge on any atom is 0.306 e. The summed E-state index contributed by atoms with van der Waals surface area (Å²) in [6.07, 6.45) is -0.757. The van der Waals surface area contributed by atoms with Gasteiger partial charge in [0.1, 0.15) is 5.82 Å². The monoisotopic (exact) mass is 301 g/mol. The van der Waals surface area contributed by atoms with E-state index in [1.165, 1.54) is 17.0 Å². The number of morpholine rings is 1. The van der Waals surface area contributed by atoms with Gasteiger partial charge in [-0.3, -0.25) is 9.59 Å². The quantitative estimate of drug-likeness (QED) is 0.924. The predicted octanol–water partition coefficient (Wildman–Crippen LogP) is 1.79. The Balaban J connectivity index is 2.10. The number of rotatable bonds is 3. The number of aliphatic carboxylic acids is 1. The first-order valence-corrected chi connectivity index (χ1v) is 6.43. The molecular formula is C13H13ClFNO4. The molecule has 1 aromatic carbocycles. The number of amides is 1. The van der Waals surface area contributed by atoms with E-state index in [-0.39, 0.29) is 30.2 Å². The fourth-order valence-electron chi connectivity index (χ4n) is 2.06. The molecule has 1 unspecified atom stereocenters. The van der Waals surface area contributed by atoms with E-state index in [0.29, 0.717) is 6.54 Å². The van der Waals surface area contributed by atoms with Gasteiger partial charge in [-0.15, -0.1) is 0 Å². The van der Waals surface area contributed by atoms with Crippen LogP contribution in [0.15, 0.2) is 18.2 Å². The second-order valence-electron chi connectivity index (χ2n) is 4.47. The molecule has 1 saturated heterocycles. The highest BCUT2D eigenvalue weighted by molar-refractivity contribution is 6.30. The highest BCUT2D eigenvalue weighted by Gasteiger charge is 2.27. The zero-order valence-corrected chi connectivity index (χ0v) is 11.3. The van der Waals surface area contributed by atoms with Crippen LogP contribution in [0.3, 0.4) is 0 Å². The Labute approximate surface area is 119 Å². The molecule has 1 aliphatic rings. The van der Waals surface area contributed by atoms with Gasteiger partial charge in [-0.2, -0.15) is 0 Å². The number of carboxylic acid groups (broad SMARTS) is 1. The number of halogens is 2. The molecule has 1 heterocycles. The van der Waals surface area contributed by atoms with Crippen molar-refractivity contribution >= 4 is 23.5 Å². The summed E-state index contributed by atoms with van der Waals surface area (Å²) in [4.78, 5) is 24.2. The van der Waals surface area contributed by atoms with E-state index in [1.54, 1.807) is 0 Å². The highest BCUT2D eigenvalue weighted by Crippen LogP contribution is 2.18. The number of benzene rings is 1. The second kappa shape index (κ2) is 6.19. The number of carbonyl (C=O) groups excluding carboxylic acids is 1. The van der Waals surface area contributed by atoms with Gasteiger partial charge in [-0.05, 0) is 18.2 Å². The summed E-state index contributed by atoms with van der Waals surface area (Å²) in [5.41, 5.74) is -0.0784. The molecule has 7 heteroatoms. The van der Waals surface area contributed by atoms with Crippen molar-refractivity contribution in [3.63, 3.8) is 0 Å². The summed E-state index contributed by atoms with van der Waals surface area (Å²) < 4.78 is 19.0. The minimum absolute atomic E-state index is 0.0784. The number of ether oxygens (including phenoxy) is 1. The van der Waals surface area contributed by atoms with Crippen molar-refractivity contribution in [3.05, 3.63) is 34.6 Å². The van der Waals surface area contributed by atoms with Gasteiger partial charge in [0.25, 0.3) is 5.91 Å². The number of nitrogens with zero attached hydrogens (tertiary/aromatic N) is 1. The zero-order chi connectivity index (χ0) is 14.7. The van der Waals surface area contributed by atoms with Crippen LogP contribution < -0.4 is 0 Å². The van der Waals surface area contributed by atoms with E-state index in [9.17, 15) is 14.0 Å². The molecule has 1 atom stereocenters. The van der Waals surface area contributed by atoms with Crippen molar-refractivity contribution in [2.75, 3.05) is 19.7 Å². The van der Waals surface area contributed by atoms with Crippen molar-refractivity contribution in [3.8, 4) is 0 Å². The molecule has 1 fully saturated rings. The molecule has 0 spiro atoms. The smallest absolute Gasteiger partial charge is 0.306 e. The summed E-state index contributed by atoms with van der Waals surface area (Å²) in [6.45, 7) is 0.670. The molecule has 0 bridgehead atoms. The topological polar surface area (TPSA) is 66.8 Å². The first-order valence-electron chi connectivity index (χ1n) is 6.05. The van der Waals surface area contributed by atoms with Crippen molar-refractivity contribution in [2.24, 2.45) is 0 Å². The van der Waals surface area contributed by atoms with Crippen LogP contribution in [-0.4, -0.2) is 47.7 Å². The van der Waals surface area contributed by atoms with E-state index in [1.807, 2.05) is 0 Å². The molecule has 1 N–H and O–H groups in total. The van der Waals surface area contributed by atoms with Crippen molar-refractivity contribution in [2.45, 2.75) is 12.5 Å². The number of hydrogen-bond acceptors (Lipinski definition) is 3. The Morgan fingerprint density at radius 3 is 2.90 bits per heavy atom. The van der Waals surface area contributed by atoms with Gasteiger partial charge in [0.05, 0.1) is 24.7 Å². The molecule has 1 amide bonds. The van der Waals surface area contributed by atoms with Crippen LogP contribution in [-0.2, 0) is 9.53 Å². The van der Waals surface area contributed by atoms with Gasteiger partial charge in [-0.1, -0.05) is 11.6 Å². The average molecular weight is 302 g/mol. The minimum Gasteiger partial charge on any atom is -0.481 e. The van der Waals surface area contributed by atoms with Crippen LogP contribution in [0.1, 0.15) is 16.8 Å². The highest BCUT2D eigenvalue weighted by atomic mass is 35.5. The van der Waals surface area contributed by atoms with E-state index < -0.39 is 23.8 Å². The number of carboxylic acids is 1. The van der Waals surface area contributed by atoms with Gasteiger partial charge in [0, 0.05) is 18.1 Å². The summed E-state index contributed by atoms with van der Waals surface area (Å²) in [5, 5.41) is 8.94. The molecule has 0 saturated carbocycles. The predicted molar refractivity (Wildman–Crippen MR) is 69.3 cm³/mol. The van der Waals surface area contributed by atoms with Crippen LogP contribution in [0.25, 0.3) is 0 Å². The fraction of sp³-hybridized carbons (Fsp3) is 0.385. The third-order valence-corrected chi connectivity index (χ3v) is 3.22. The summed E-state index contributed by atoms with van der Waals surface area (Å²) in [6, 6.07) is 3.83. The lowest BCUT2D eigenvalue weighted by Crippen LogP contribution is -2.46. The number of hydrogen-bond donors (Lipinski definition) is 1. The van der Waals surface area contributed by atoms with Crippen molar-refractivity contribution in [1.82, 2.24) is 4.90 Å². The lowest BCUT2D eigenvalue weighted by molar-refractivity contribution is -0.141. The summed E-state index contributed by atoms with van der Waals surface area (Å²) >= 11 is 5.64. The fourth-order valence-corrected chi connectivity index (χ4v) is 2.21. The van der Waals surface area contributed by atoms with Crippen LogP contribution in [0.4, 0.5) is 4.39 Å². The molecular weight excluding hydrogens is 289 g/mol. The SMILES string of the molecule is O=C(O)CC1CN(C(=O)c2ccc(Cl)cc2F)CCO1. The molecule has 20 heavy (non-hydrogen) atoms. The third-order valence-electron chi connectivity index (χ3n) is 2.99. The Morgan fingerprint density at radius 1 is 1.50 bits per heavy atom. The molecule has 1 aromatic rings. The Hall–Kier alpha value is -1.66. The lowest BCUT2D eigenvalue weighted by atomic mass is 10.1. The van der Waals surface area contributed by atoms with Crippen LogP contribution in [0.5, 0.6) is 0 Å². The Bertz CT molecular complexity index is 537. The standard InChI is InChI=1S/C13H13ClFNO4/c14-8-1-2-10(11(15)5-8)13(19)16-3-4-20-9(7-16)6-12(17)18/h1-2,5,9H,3-4,6-7H2,(H,17,18). The van der Waals surface area contributed by atoms with Crippen LogP contribution in [0.2, 0.25) is 5.02 Å². The van der Waals surface area contributed by atoms with Gasteiger partial charge < -0.3 is 14.7 Å². The lowest BCUT2D eigenvalue weighted by Gasteiger charge is -2.32.